The molecule has 0 aromatic carbocycles. The molecule has 0 spiro atoms. The molecule has 1 aliphatic heterocycles. The molecule has 2 N–H and O–H groups in total. The lowest BCUT2D eigenvalue weighted by molar-refractivity contribution is -0.0516. The Balaban J connectivity index is 2.40. The van der Waals surface area contributed by atoms with Gasteiger partial charge in [-0.3, -0.25) is 14.3 Å². The first-order valence-electron chi connectivity index (χ1n) is 5.22. The molecule has 0 aliphatic carbocycles. The molecule has 2 rings (SSSR count). The Bertz CT molecular complexity index is 508. The largest absolute Gasteiger partial charge is 0.388 e. The zero-order valence-electron chi connectivity index (χ0n) is 9.49. The van der Waals surface area contributed by atoms with Crippen LogP contribution in [0.5, 0.6) is 0 Å². The van der Waals surface area contributed by atoms with E-state index in [1.807, 2.05) is 0 Å². The van der Waals surface area contributed by atoms with Crippen LogP contribution in [-0.2, 0) is 9.47 Å². The molecule has 1 aliphatic rings. The van der Waals surface area contributed by atoms with Gasteiger partial charge >= 0.3 is 5.69 Å². The third-order valence-corrected chi connectivity index (χ3v) is 2.85. The summed E-state index contributed by atoms with van der Waals surface area (Å²) < 4.78 is 11.8. The molecule has 1 aromatic heterocycles. The van der Waals surface area contributed by atoms with E-state index < -0.39 is 35.8 Å². The summed E-state index contributed by atoms with van der Waals surface area (Å²) in [5, 5.41) is 9.80. The van der Waals surface area contributed by atoms with Crippen LogP contribution in [0.4, 0.5) is 0 Å². The van der Waals surface area contributed by atoms with E-state index >= 15 is 0 Å². The van der Waals surface area contributed by atoms with Crippen LogP contribution in [0.25, 0.3) is 0 Å². The average molecular weight is 242 g/mol. The Hall–Kier alpha value is -1.44. The van der Waals surface area contributed by atoms with Crippen LogP contribution in [0.15, 0.2) is 21.9 Å². The van der Waals surface area contributed by atoms with Gasteiger partial charge in [-0.15, -0.1) is 0 Å². The van der Waals surface area contributed by atoms with Crippen LogP contribution in [-0.4, -0.2) is 40.1 Å². The van der Waals surface area contributed by atoms with E-state index in [1.54, 1.807) is 6.92 Å². The van der Waals surface area contributed by atoms with Gasteiger partial charge in [0.1, 0.15) is 12.2 Å². The van der Waals surface area contributed by atoms with Crippen molar-refractivity contribution in [2.24, 2.45) is 0 Å². The lowest BCUT2D eigenvalue weighted by Gasteiger charge is -2.20. The van der Waals surface area contributed by atoms with Gasteiger partial charge in [-0.05, 0) is 6.92 Å². The van der Waals surface area contributed by atoms with Crippen LogP contribution in [0, 0.1) is 0 Å². The zero-order valence-corrected chi connectivity index (χ0v) is 9.49. The molecule has 17 heavy (non-hydrogen) atoms. The predicted molar refractivity (Wildman–Crippen MR) is 57.7 cm³/mol. The molecule has 0 radical (unpaired) electrons. The lowest BCUT2D eigenvalue weighted by Crippen LogP contribution is -2.38. The van der Waals surface area contributed by atoms with Crippen molar-refractivity contribution in [1.82, 2.24) is 9.55 Å². The van der Waals surface area contributed by atoms with Crippen molar-refractivity contribution >= 4 is 0 Å². The Morgan fingerprint density at radius 3 is 2.82 bits per heavy atom. The lowest BCUT2D eigenvalue weighted by atomic mass is 10.1. The Kier molecular flexibility index (Phi) is 3.14. The summed E-state index contributed by atoms with van der Waals surface area (Å²) in [7, 11) is 1.43. The summed E-state index contributed by atoms with van der Waals surface area (Å²) in [6, 6.07) is 1.22. The number of aliphatic hydroxyl groups excluding tert-OH is 1. The van der Waals surface area contributed by atoms with Crippen molar-refractivity contribution in [2.45, 2.75) is 31.5 Å². The molecule has 4 atom stereocenters. The minimum Gasteiger partial charge on any atom is -0.388 e. The van der Waals surface area contributed by atoms with Crippen molar-refractivity contribution in [2.75, 3.05) is 7.11 Å². The summed E-state index contributed by atoms with van der Waals surface area (Å²) in [4.78, 5) is 24.7. The molecule has 2 heterocycles. The van der Waals surface area contributed by atoms with Gasteiger partial charge in [-0.2, -0.15) is 0 Å². The second-order valence-electron chi connectivity index (χ2n) is 3.94. The SMILES string of the molecule is CO[C@@H]1[C@@H](O)[C@@H](C)O[C@H]1n1ccc(=O)[nH]c1=O. The van der Waals surface area contributed by atoms with Crippen molar-refractivity contribution in [1.29, 1.82) is 0 Å². The summed E-state index contributed by atoms with van der Waals surface area (Å²) in [6.45, 7) is 1.69. The standard InChI is InChI=1S/C10H14N2O5/c1-5-7(14)8(16-2)9(17-5)12-4-3-6(13)11-10(12)15/h3-5,7-9,14H,1-2H3,(H,11,13,15)/t5-,7+,8-,9-/m1/s1. The molecule has 0 unspecified atom stereocenters. The monoisotopic (exact) mass is 242 g/mol. The summed E-state index contributed by atoms with van der Waals surface area (Å²) in [5.74, 6) is 0. The molecule has 1 fully saturated rings. The Labute approximate surface area is 96.6 Å². The van der Waals surface area contributed by atoms with Gasteiger partial charge < -0.3 is 14.6 Å². The molecular weight excluding hydrogens is 228 g/mol. The maximum Gasteiger partial charge on any atom is 0.330 e. The first-order valence-corrected chi connectivity index (χ1v) is 5.22. The van der Waals surface area contributed by atoms with E-state index in [-0.39, 0.29) is 0 Å². The maximum absolute atomic E-state index is 11.6. The second-order valence-corrected chi connectivity index (χ2v) is 3.94. The average Bonchev–Trinajstić information content (AvgIpc) is 2.55. The van der Waals surface area contributed by atoms with E-state index in [1.165, 1.54) is 23.9 Å². The fourth-order valence-corrected chi connectivity index (χ4v) is 1.92. The number of nitrogens with zero attached hydrogens (tertiary/aromatic N) is 1. The molecule has 7 nitrogen and oxygen atoms in total. The van der Waals surface area contributed by atoms with E-state index in [2.05, 4.69) is 4.98 Å². The first kappa shape index (κ1) is 12.0. The molecule has 0 amide bonds. The molecule has 94 valence electrons. The van der Waals surface area contributed by atoms with Gasteiger partial charge in [0.2, 0.25) is 0 Å². The minimum atomic E-state index is -0.816. The number of hydrogen-bond donors (Lipinski definition) is 2. The molecule has 1 aromatic rings. The Morgan fingerprint density at radius 2 is 2.24 bits per heavy atom. The van der Waals surface area contributed by atoms with Crippen LogP contribution < -0.4 is 11.2 Å². The molecular formula is C10H14N2O5. The van der Waals surface area contributed by atoms with Gasteiger partial charge in [0.15, 0.2) is 6.23 Å². The fraction of sp³-hybridized carbons (Fsp3) is 0.600. The van der Waals surface area contributed by atoms with E-state index in [0.717, 1.165) is 0 Å². The van der Waals surface area contributed by atoms with Gasteiger partial charge in [0.25, 0.3) is 5.56 Å². The smallest absolute Gasteiger partial charge is 0.330 e. The number of aliphatic hydroxyl groups is 1. The number of aromatic nitrogens is 2. The number of aromatic amines is 1. The molecule has 7 heteroatoms. The number of rotatable bonds is 2. The van der Waals surface area contributed by atoms with Crippen molar-refractivity contribution in [3.63, 3.8) is 0 Å². The maximum atomic E-state index is 11.6. The normalized spacial score (nSPS) is 32.9. The highest BCUT2D eigenvalue weighted by atomic mass is 16.6. The molecule has 1 saturated heterocycles. The highest BCUT2D eigenvalue weighted by molar-refractivity contribution is 4.92. The fourth-order valence-electron chi connectivity index (χ4n) is 1.92. The molecule has 0 bridgehead atoms. The topological polar surface area (TPSA) is 93.5 Å². The van der Waals surface area contributed by atoms with Gasteiger partial charge in [0.05, 0.1) is 6.10 Å². The number of ether oxygens (including phenoxy) is 2. The van der Waals surface area contributed by atoms with Crippen molar-refractivity contribution in [3.05, 3.63) is 33.1 Å². The zero-order chi connectivity index (χ0) is 12.6. The summed E-state index contributed by atoms with van der Waals surface area (Å²) >= 11 is 0. The van der Waals surface area contributed by atoms with Crippen LogP contribution >= 0.6 is 0 Å². The number of hydrogen-bond acceptors (Lipinski definition) is 5. The highest BCUT2D eigenvalue weighted by Gasteiger charge is 2.43. The van der Waals surface area contributed by atoms with Crippen LogP contribution in [0.2, 0.25) is 0 Å². The summed E-state index contributed by atoms with van der Waals surface area (Å²) in [6.07, 6.45) is -1.32. The highest BCUT2D eigenvalue weighted by Crippen LogP contribution is 2.29. The minimum absolute atomic E-state index is 0.441. The van der Waals surface area contributed by atoms with E-state index in [9.17, 15) is 14.7 Å². The van der Waals surface area contributed by atoms with Gasteiger partial charge in [-0.1, -0.05) is 0 Å². The van der Waals surface area contributed by atoms with Crippen LogP contribution in [0.3, 0.4) is 0 Å². The van der Waals surface area contributed by atoms with E-state index in [0.29, 0.717) is 0 Å². The third kappa shape index (κ3) is 2.04. The predicted octanol–water partition coefficient (Wildman–Crippen LogP) is -1.17. The van der Waals surface area contributed by atoms with Crippen LogP contribution in [0.1, 0.15) is 13.2 Å². The number of H-pyrrole nitrogens is 1. The van der Waals surface area contributed by atoms with Gasteiger partial charge in [-0.25, -0.2) is 4.79 Å². The molecule has 0 saturated carbocycles. The third-order valence-electron chi connectivity index (χ3n) is 2.85. The summed E-state index contributed by atoms with van der Waals surface area (Å²) in [5.41, 5.74) is -1.07. The van der Waals surface area contributed by atoms with Crippen molar-refractivity contribution < 1.29 is 14.6 Å². The number of methoxy groups -OCH3 is 1. The van der Waals surface area contributed by atoms with E-state index in [4.69, 9.17) is 9.47 Å². The second kappa shape index (κ2) is 4.44. The van der Waals surface area contributed by atoms with Gasteiger partial charge in [0, 0.05) is 19.4 Å². The quantitative estimate of drug-likeness (QED) is 0.681. The van der Waals surface area contributed by atoms with Crippen molar-refractivity contribution in [3.8, 4) is 0 Å². The number of nitrogens with one attached hydrogen (secondary N) is 1. The first-order chi connectivity index (χ1) is 8.04. The Morgan fingerprint density at radius 1 is 1.53 bits per heavy atom.